The molecule has 3 saturated heterocycles. The van der Waals surface area contributed by atoms with Gasteiger partial charge in [0.25, 0.3) is 0 Å². The number of quaternary nitrogens is 1. The molecule has 144 valence electrons. The summed E-state index contributed by atoms with van der Waals surface area (Å²) in [6, 6.07) is 32.6. The number of piperazine rings is 3. The van der Waals surface area contributed by atoms with Crippen molar-refractivity contribution in [3.63, 3.8) is 0 Å². The van der Waals surface area contributed by atoms with Crippen molar-refractivity contribution in [1.82, 2.24) is 4.90 Å². The predicted molar refractivity (Wildman–Crippen MR) is 121 cm³/mol. The lowest BCUT2D eigenvalue weighted by Gasteiger charge is -2.58. The third kappa shape index (κ3) is 2.71. The van der Waals surface area contributed by atoms with E-state index in [9.17, 15) is 0 Å². The van der Waals surface area contributed by atoms with Gasteiger partial charge in [-0.05, 0) is 39.2 Å². The van der Waals surface area contributed by atoms with Gasteiger partial charge in [0.1, 0.15) is 6.04 Å². The molecule has 0 amide bonds. The Morgan fingerprint density at radius 2 is 1.17 bits per heavy atom. The maximum Gasteiger partial charge on any atom is 0.135 e. The van der Waals surface area contributed by atoms with Crippen LogP contribution in [0.5, 0.6) is 0 Å². The number of hydrogen-bond donors (Lipinski definition) is 0. The SMILES string of the molecule is C[N+]12CCN(CC1)[C@H](c1ccc3ccccc3c1)[C@@H]2c1ccc2ccccc2c1. The van der Waals surface area contributed by atoms with Crippen molar-refractivity contribution < 1.29 is 4.48 Å². The van der Waals surface area contributed by atoms with Crippen LogP contribution in [0, 0.1) is 0 Å². The van der Waals surface area contributed by atoms with Crippen LogP contribution in [0.1, 0.15) is 23.2 Å². The Morgan fingerprint density at radius 1 is 0.655 bits per heavy atom. The average molecular weight is 380 g/mol. The quantitative estimate of drug-likeness (QED) is 0.413. The molecular formula is C27H27N2+. The molecule has 0 N–H and O–H groups in total. The normalized spacial score (nSPS) is 28.8. The number of fused-ring (bicyclic) bond motifs is 5. The second-order valence-corrected chi connectivity index (χ2v) is 9.07. The molecule has 3 heterocycles. The Morgan fingerprint density at radius 3 is 1.79 bits per heavy atom. The average Bonchev–Trinajstić information content (AvgIpc) is 2.78. The van der Waals surface area contributed by atoms with Gasteiger partial charge in [0.15, 0.2) is 0 Å². The van der Waals surface area contributed by atoms with Crippen LogP contribution in [-0.2, 0) is 0 Å². The largest absolute Gasteiger partial charge is 0.316 e. The Hall–Kier alpha value is -2.68. The van der Waals surface area contributed by atoms with Crippen molar-refractivity contribution in [2.75, 3.05) is 33.2 Å². The van der Waals surface area contributed by atoms with E-state index in [0.29, 0.717) is 12.1 Å². The van der Waals surface area contributed by atoms with E-state index in [0.717, 1.165) is 4.48 Å². The van der Waals surface area contributed by atoms with Gasteiger partial charge in [-0.3, -0.25) is 4.90 Å². The zero-order chi connectivity index (χ0) is 19.4. The number of hydrogen-bond acceptors (Lipinski definition) is 1. The molecule has 0 unspecified atom stereocenters. The van der Waals surface area contributed by atoms with Crippen LogP contribution in [0.3, 0.4) is 0 Å². The van der Waals surface area contributed by atoms with Crippen LogP contribution in [0.4, 0.5) is 0 Å². The second-order valence-electron chi connectivity index (χ2n) is 9.07. The Kier molecular flexibility index (Phi) is 3.80. The third-order valence-corrected chi connectivity index (χ3v) is 7.39. The van der Waals surface area contributed by atoms with E-state index < -0.39 is 0 Å². The topological polar surface area (TPSA) is 3.24 Å². The van der Waals surface area contributed by atoms with Gasteiger partial charge in [0.05, 0.1) is 26.2 Å². The molecule has 29 heavy (non-hydrogen) atoms. The van der Waals surface area contributed by atoms with Crippen molar-refractivity contribution in [3.8, 4) is 0 Å². The lowest BCUT2D eigenvalue weighted by atomic mass is 9.83. The summed E-state index contributed by atoms with van der Waals surface area (Å²) in [6.07, 6.45) is 0. The Bertz CT molecular complexity index is 1200. The van der Waals surface area contributed by atoms with E-state index in [1.54, 1.807) is 0 Å². The van der Waals surface area contributed by atoms with Crippen LogP contribution in [0.25, 0.3) is 21.5 Å². The first-order valence-corrected chi connectivity index (χ1v) is 10.8. The van der Waals surface area contributed by atoms with Gasteiger partial charge < -0.3 is 4.48 Å². The van der Waals surface area contributed by atoms with Crippen molar-refractivity contribution in [3.05, 3.63) is 96.1 Å². The van der Waals surface area contributed by atoms with Crippen LogP contribution in [0.2, 0.25) is 0 Å². The van der Waals surface area contributed by atoms with Gasteiger partial charge in [-0.1, -0.05) is 72.8 Å². The fourth-order valence-corrected chi connectivity index (χ4v) is 5.75. The molecular weight excluding hydrogens is 352 g/mol. The van der Waals surface area contributed by atoms with Crippen molar-refractivity contribution in [2.45, 2.75) is 12.1 Å². The molecule has 2 bridgehead atoms. The molecule has 4 aromatic carbocycles. The number of rotatable bonds is 2. The summed E-state index contributed by atoms with van der Waals surface area (Å²) in [7, 11) is 2.48. The van der Waals surface area contributed by atoms with Crippen LogP contribution >= 0.6 is 0 Å². The van der Waals surface area contributed by atoms with E-state index in [4.69, 9.17) is 0 Å². The van der Waals surface area contributed by atoms with E-state index in [1.807, 2.05) is 0 Å². The van der Waals surface area contributed by atoms with E-state index in [2.05, 4.69) is 96.9 Å². The van der Waals surface area contributed by atoms with Gasteiger partial charge in [-0.2, -0.15) is 0 Å². The van der Waals surface area contributed by atoms with E-state index in [-0.39, 0.29) is 0 Å². The van der Waals surface area contributed by atoms with Gasteiger partial charge in [-0.15, -0.1) is 0 Å². The molecule has 3 aliphatic heterocycles. The minimum atomic E-state index is 0.438. The number of benzene rings is 4. The highest BCUT2D eigenvalue weighted by Gasteiger charge is 2.51. The summed E-state index contributed by atoms with van der Waals surface area (Å²) in [6.45, 7) is 4.86. The zero-order valence-electron chi connectivity index (χ0n) is 17.0. The van der Waals surface area contributed by atoms with Gasteiger partial charge >= 0.3 is 0 Å². The summed E-state index contributed by atoms with van der Waals surface area (Å²) < 4.78 is 1.15. The summed E-state index contributed by atoms with van der Waals surface area (Å²) in [5, 5.41) is 5.36. The molecule has 0 saturated carbocycles. The Labute approximate surface area is 172 Å². The monoisotopic (exact) mass is 379 g/mol. The van der Waals surface area contributed by atoms with Crippen LogP contribution in [0.15, 0.2) is 84.9 Å². The standard InChI is InChI=1S/C27H27N2/c1-29-16-14-28(15-17-29)26(24-12-10-20-6-2-4-8-22(20)18-24)27(29)25-13-11-21-7-3-5-9-23(21)19-25/h2-13,18-19,26-27H,14-17H2,1H3/q+1/t26-,27+/m1/s1. The van der Waals surface area contributed by atoms with Crippen LogP contribution in [-0.4, -0.2) is 42.6 Å². The highest BCUT2D eigenvalue weighted by atomic mass is 15.5. The molecule has 7 rings (SSSR count). The zero-order valence-corrected chi connectivity index (χ0v) is 17.0. The summed E-state index contributed by atoms with van der Waals surface area (Å²) in [4.78, 5) is 2.73. The molecule has 0 aliphatic carbocycles. The maximum atomic E-state index is 2.73. The second kappa shape index (κ2) is 6.41. The fourth-order valence-electron chi connectivity index (χ4n) is 5.75. The molecule has 0 radical (unpaired) electrons. The van der Waals surface area contributed by atoms with Crippen molar-refractivity contribution >= 4 is 21.5 Å². The molecule has 2 nitrogen and oxygen atoms in total. The summed E-state index contributed by atoms with van der Waals surface area (Å²) >= 11 is 0. The molecule has 0 spiro atoms. The fraction of sp³-hybridized carbons (Fsp3) is 0.259. The van der Waals surface area contributed by atoms with Gasteiger partial charge in [0.2, 0.25) is 0 Å². The maximum absolute atomic E-state index is 2.73. The van der Waals surface area contributed by atoms with Gasteiger partial charge in [0, 0.05) is 18.7 Å². The molecule has 4 aromatic rings. The molecule has 3 aliphatic rings. The molecule has 3 fully saturated rings. The number of likely N-dealkylation sites (N-methyl/N-ethyl adjacent to an activating group) is 1. The minimum absolute atomic E-state index is 0.438. The molecule has 2 heteroatoms. The van der Waals surface area contributed by atoms with Crippen LogP contribution < -0.4 is 0 Å². The predicted octanol–water partition coefficient (Wildman–Crippen LogP) is 5.55. The van der Waals surface area contributed by atoms with E-state index >= 15 is 0 Å². The highest BCUT2D eigenvalue weighted by molar-refractivity contribution is 5.84. The first-order valence-electron chi connectivity index (χ1n) is 10.8. The first-order chi connectivity index (χ1) is 14.2. The van der Waals surface area contributed by atoms with E-state index in [1.165, 1.54) is 58.9 Å². The lowest BCUT2D eigenvalue weighted by molar-refractivity contribution is -0.958. The highest BCUT2D eigenvalue weighted by Crippen LogP contribution is 2.48. The van der Waals surface area contributed by atoms with Crippen molar-refractivity contribution in [2.24, 2.45) is 0 Å². The number of nitrogens with zero attached hydrogens (tertiary/aromatic N) is 2. The first kappa shape index (κ1) is 17.2. The van der Waals surface area contributed by atoms with Gasteiger partial charge in [-0.25, -0.2) is 0 Å². The molecule has 0 aromatic heterocycles. The smallest absolute Gasteiger partial charge is 0.135 e. The lowest BCUT2D eigenvalue weighted by Crippen LogP contribution is -2.67. The van der Waals surface area contributed by atoms with Crippen molar-refractivity contribution in [1.29, 1.82) is 0 Å². The summed E-state index contributed by atoms with van der Waals surface area (Å²) in [5.41, 5.74) is 2.94. The molecule has 2 atom stereocenters. The Balaban J connectivity index is 1.52. The third-order valence-electron chi connectivity index (χ3n) is 7.39. The summed E-state index contributed by atoms with van der Waals surface area (Å²) in [5.74, 6) is 0. The minimum Gasteiger partial charge on any atom is -0.316 e.